The van der Waals surface area contributed by atoms with Crippen molar-refractivity contribution < 1.29 is 27.0 Å². The number of rotatable bonds is 6. The Bertz CT molecular complexity index is 2160. The summed E-state index contributed by atoms with van der Waals surface area (Å²) in [4.78, 5) is 16.6. The molecule has 0 saturated carbocycles. The predicted molar refractivity (Wildman–Crippen MR) is 176 cm³/mol. The number of anilines is 3. The summed E-state index contributed by atoms with van der Waals surface area (Å²) in [6, 6.07) is 6.63. The molecule has 0 amide bonds. The molecule has 1 fully saturated rings. The van der Waals surface area contributed by atoms with Gasteiger partial charge < -0.3 is 25.8 Å². The minimum Gasteiger partial charge on any atom is -0.489 e. The number of likely N-dealkylation sites (tertiary alicyclic amines) is 1. The zero-order valence-corrected chi connectivity index (χ0v) is 27.1. The van der Waals surface area contributed by atoms with Crippen molar-refractivity contribution >= 4 is 60.6 Å². The van der Waals surface area contributed by atoms with Crippen LogP contribution >= 0.6 is 22.9 Å². The number of ether oxygens (including phenoxy) is 2. The maximum absolute atomic E-state index is 17.1. The maximum Gasteiger partial charge on any atom is 0.319 e. The molecular formula is C32H27ClF4N8O2S. The van der Waals surface area contributed by atoms with E-state index in [1.807, 2.05) is 17.9 Å². The summed E-state index contributed by atoms with van der Waals surface area (Å²) in [5.41, 5.74) is 12.6. The Hall–Kier alpha value is -4.65. The Labute approximate surface area is 280 Å². The number of pyridine rings is 1. The molecule has 1 saturated heterocycles. The highest BCUT2D eigenvalue weighted by molar-refractivity contribution is 7.23. The number of halogens is 5. The van der Waals surface area contributed by atoms with Gasteiger partial charge in [-0.2, -0.15) is 15.2 Å². The number of nitrogens with two attached hydrogens (primary N) is 2. The lowest BCUT2D eigenvalue weighted by Gasteiger charge is -2.30. The van der Waals surface area contributed by atoms with Crippen molar-refractivity contribution in [3.05, 3.63) is 58.2 Å². The summed E-state index contributed by atoms with van der Waals surface area (Å²) < 4.78 is 72.5. The fourth-order valence-corrected chi connectivity index (χ4v) is 7.77. The molecule has 0 spiro atoms. The molecule has 2 aliphatic rings. The van der Waals surface area contributed by atoms with Crippen molar-refractivity contribution in [1.29, 1.82) is 5.26 Å². The quantitative estimate of drug-likeness (QED) is 0.188. The van der Waals surface area contributed by atoms with Gasteiger partial charge in [-0.1, -0.05) is 23.7 Å². The second kappa shape index (κ2) is 11.8. The third-order valence-corrected chi connectivity index (χ3v) is 10.2. The molecule has 5 aromatic rings. The van der Waals surface area contributed by atoms with E-state index in [2.05, 4.69) is 15.0 Å². The van der Waals surface area contributed by atoms with Gasteiger partial charge in [-0.3, -0.25) is 4.90 Å². The number of nitrogens with zero attached hydrogens (tertiary/aromatic N) is 6. The number of likely N-dealkylation sites (N-methyl/N-ethyl adjacent to an activating group) is 1. The second-order valence-electron chi connectivity index (χ2n) is 11.8. The lowest BCUT2D eigenvalue weighted by Crippen LogP contribution is -2.32. The van der Waals surface area contributed by atoms with Crippen LogP contribution < -0.4 is 25.8 Å². The molecule has 0 aliphatic carbocycles. The van der Waals surface area contributed by atoms with E-state index >= 15 is 4.39 Å². The number of benzene rings is 2. The van der Waals surface area contributed by atoms with Gasteiger partial charge in [-0.25, -0.2) is 22.5 Å². The van der Waals surface area contributed by atoms with Gasteiger partial charge in [0.25, 0.3) is 5.92 Å². The van der Waals surface area contributed by atoms with E-state index in [1.165, 1.54) is 11.0 Å². The summed E-state index contributed by atoms with van der Waals surface area (Å²) >= 11 is 7.83. The van der Waals surface area contributed by atoms with Crippen LogP contribution in [-0.4, -0.2) is 65.2 Å². The molecule has 2 aliphatic heterocycles. The largest absolute Gasteiger partial charge is 0.489 e. The molecule has 0 unspecified atom stereocenters. The van der Waals surface area contributed by atoms with Crippen molar-refractivity contribution in [3.8, 4) is 29.0 Å². The molecule has 16 heteroatoms. The number of hydrogen-bond donors (Lipinski definition) is 2. The average Bonchev–Trinajstić information content (AvgIpc) is 3.44. The number of hydrogen-bond acceptors (Lipinski definition) is 11. The van der Waals surface area contributed by atoms with Crippen LogP contribution in [0.15, 0.2) is 30.5 Å². The highest BCUT2D eigenvalue weighted by Gasteiger charge is 2.43. The van der Waals surface area contributed by atoms with Crippen LogP contribution in [0.5, 0.6) is 11.8 Å². The summed E-state index contributed by atoms with van der Waals surface area (Å²) in [5, 5.41) is 10.0. The Morgan fingerprint density at radius 3 is 2.73 bits per heavy atom. The Kier molecular flexibility index (Phi) is 7.85. The first-order valence-electron chi connectivity index (χ1n) is 14.8. The Morgan fingerprint density at radius 1 is 1.23 bits per heavy atom. The van der Waals surface area contributed by atoms with E-state index in [4.69, 9.17) is 32.5 Å². The normalized spacial score (nSPS) is 18.1. The highest BCUT2D eigenvalue weighted by atomic mass is 35.5. The number of alkyl halides is 2. The van der Waals surface area contributed by atoms with Crippen molar-refractivity contribution in [2.75, 3.05) is 49.7 Å². The van der Waals surface area contributed by atoms with E-state index in [9.17, 15) is 18.4 Å². The molecule has 3 aromatic heterocycles. The Morgan fingerprint density at radius 2 is 2.02 bits per heavy atom. The van der Waals surface area contributed by atoms with E-state index in [1.54, 1.807) is 25.4 Å². The topological polar surface area (TPSA) is 139 Å². The smallest absolute Gasteiger partial charge is 0.319 e. The van der Waals surface area contributed by atoms with Crippen LogP contribution in [-0.2, 0) is 0 Å². The minimum atomic E-state index is -2.88. The molecule has 7 rings (SSSR count). The van der Waals surface area contributed by atoms with Crippen molar-refractivity contribution in [2.45, 2.75) is 31.4 Å². The summed E-state index contributed by atoms with van der Waals surface area (Å²) in [7, 11) is 1.57. The molecule has 5 heterocycles. The molecule has 248 valence electrons. The fourth-order valence-electron chi connectivity index (χ4n) is 6.48. The van der Waals surface area contributed by atoms with E-state index in [0.29, 0.717) is 5.56 Å². The monoisotopic (exact) mass is 698 g/mol. The molecule has 0 bridgehead atoms. The first-order valence-corrected chi connectivity index (χ1v) is 16.0. The van der Waals surface area contributed by atoms with Gasteiger partial charge in [0.2, 0.25) is 0 Å². The highest BCUT2D eigenvalue weighted by Crippen LogP contribution is 2.51. The van der Waals surface area contributed by atoms with Gasteiger partial charge in [0.1, 0.15) is 47.3 Å². The Balaban J connectivity index is 1.46. The van der Waals surface area contributed by atoms with Gasteiger partial charge in [-0.15, -0.1) is 11.3 Å². The van der Waals surface area contributed by atoms with Crippen molar-refractivity contribution in [2.24, 2.45) is 0 Å². The van der Waals surface area contributed by atoms with Crippen LogP contribution in [0.2, 0.25) is 5.02 Å². The molecule has 48 heavy (non-hydrogen) atoms. The van der Waals surface area contributed by atoms with Gasteiger partial charge in [0.05, 0.1) is 39.8 Å². The number of aromatic nitrogens is 3. The number of nitrogen functional groups attached to an aromatic ring is 2. The number of thiophene rings is 1. The summed E-state index contributed by atoms with van der Waals surface area (Å²) in [5.74, 6) is -3.89. The van der Waals surface area contributed by atoms with Crippen molar-refractivity contribution in [3.63, 3.8) is 0 Å². The number of fused-ring (bicyclic) bond motifs is 1. The zero-order valence-electron chi connectivity index (χ0n) is 25.5. The van der Waals surface area contributed by atoms with Crippen LogP contribution in [0.25, 0.3) is 32.1 Å². The predicted octanol–water partition coefficient (Wildman–Crippen LogP) is 6.55. The van der Waals surface area contributed by atoms with Gasteiger partial charge in [0.15, 0.2) is 11.6 Å². The van der Waals surface area contributed by atoms with Crippen LogP contribution in [0.3, 0.4) is 0 Å². The maximum atomic E-state index is 17.1. The third kappa shape index (κ3) is 5.15. The molecule has 4 N–H and O–H groups in total. The molecule has 10 nitrogen and oxygen atoms in total. The first kappa shape index (κ1) is 31.9. The van der Waals surface area contributed by atoms with Crippen LogP contribution in [0.4, 0.5) is 34.2 Å². The second-order valence-corrected chi connectivity index (χ2v) is 13.2. The number of nitriles is 1. The molecule has 2 aromatic carbocycles. The van der Waals surface area contributed by atoms with Crippen LogP contribution in [0, 0.1) is 23.0 Å². The third-order valence-electron chi connectivity index (χ3n) is 8.82. The van der Waals surface area contributed by atoms with E-state index < -0.39 is 42.6 Å². The molecule has 0 radical (unpaired) electrons. The average molecular weight is 699 g/mol. The van der Waals surface area contributed by atoms with Crippen molar-refractivity contribution in [1.82, 2.24) is 19.9 Å². The van der Waals surface area contributed by atoms with Crippen LogP contribution in [0.1, 0.15) is 30.5 Å². The van der Waals surface area contributed by atoms with Gasteiger partial charge in [0, 0.05) is 35.2 Å². The van der Waals surface area contributed by atoms with Gasteiger partial charge >= 0.3 is 6.01 Å². The fraction of sp³-hybridized carbons (Fsp3) is 0.312. The SMILES string of the molecule is C[C@H](c1cccnc1N)N1CCOc2c(Cl)c(-c3ccc(F)c4sc(N)c(C#N)c34)c(F)c3nc(OC[C@@H]4CC(F)(F)CN4C)nc1c23. The van der Waals surface area contributed by atoms with Gasteiger partial charge in [-0.05, 0) is 31.7 Å². The first-order chi connectivity index (χ1) is 22.9. The van der Waals surface area contributed by atoms with E-state index in [-0.39, 0.29) is 90.9 Å². The molecular weight excluding hydrogens is 672 g/mol. The molecule has 2 atom stereocenters. The minimum absolute atomic E-state index is 0.0224. The zero-order chi connectivity index (χ0) is 34.1. The standard InChI is InChI=1S/C32H27ClF4N8O2S/c1-14(16-4-3-7-41-28(16)39)45-8-9-46-26-22-25(42-31(43-30(22)45)47-12-15-10-32(36,37)13-44(15)2)24(35)21(23(26)33)17-5-6-19(34)27-20(17)18(11-38)29(40)48-27/h3-7,14-15H,8-10,12-13,40H2,1-2H3,(H2,39,41)/t14-,15+/m1/s1. The summed E-state index contributed by atoms with van der Waals surface area (Å²) in [6.45, 7) is 1.57. The lowest BCUT2D eigenvalue weighted by atomic mass is 9.96. The lowest BCUT2D eigenvalue weighted by molar-refractivity contribution is 0.0136. The van der Waals surface area contributed by atoms with E-state index in [0.717, 1.165) is 17.4 Å². The summed E-state index contributed by atoms with van der Waals surface area (Å²) in [6.07, 6.45) is 1.14.